The van der Waals surface area contributed by atoms with Gasteiger partial charge in [0.05, 0.1) is 5.56 Å². The number of hydrogen-bond acceptors (Lipinski definition) is 3. The van der Waals surface area contributed by atoms with Crippen LogP contribution < -0.4 is 10.9 Å². The highest BCUT2D eigenvalue weighted by molar-refractivity contribution is 5.20. The first-order valence-electron chi connectivity index (χ1n) is 6.46. The largest absolute Gasteiger partial charge is 0.310 e. The molecule has 2 atom stereocenters. The third-order valence-corrected chi connectivity index (χ3v) is 3.50. The van der Waals surface area contributed by atoms with Crippen molar-refractivity contribution in [2.45, 2.75) is 60.5 Å². The minimum atomic E-state index is -0.0406. The van der Waals surface area contributed by atoms with Crippen molar-refractivity contribution in [3.05, 3.63) is 27.4 Å². The van der Waals surface area contributed by atoms with E-state index in [4.69, 9.17) is 0 Å². The Morgan fingerprint density at radius 2 is 1.78 bits per heavy atom. The van der Waals surface area contributed by atoms with Crippen molar-refractivity contribution in [3.63, 3.8) is 0 Å². The summed E-state index contributed by atoms with van der Waals surface area (Å²) in [5, 5.41) is 3.48. The lowest BCUT2D eigenvalue weighted by atomic mass is 9.87. The van der Waals surface area contributed by atoms with E-state index in [-0.39, 0.29) is 17.0 Å². The molecule has 0 aliphatic carbocycles. The number of hydrogen-bond donors (Lipinski definition) is 2. The first-order chi connectivity index (χ1) is 8.12. The summed E-state index contributed by atoms with van der Waals surface area (Å²) in [5.74, 6) is 0.664. The molecule has 0 fully saturated rings. The standard InChI is InChI=1S/C14H25N3O/c1-8(15-10(3)14(5,6)7)12-9(2)16-11(4)17-13(12)18/h8,10,15H,1-7H3,(H,16,17,18). The van der Waals surface area contributed by atoms with Crippen LogP contribution in [0.4, 0.5) is 0 Å². The predicted octanol–water partition coefficient (Wildman–Crippen LogP) is 2.47. The average Bonchev–Trinajstić information content (AvgIpc) is 2.13. The number of aryl methyl sites for hydroxylation is 2. The van der Waals surface area contributed by atoms with Crippen molar-refractivity contribution in [3.8, 4) is 0 Å². The van der Waals surface area contributed by atoms with Gasteiger partial charge < -0.3 is 10.3 Å². The van der Waals surface area contributed by atoms with Gasteiger partial charge in [-0.1, -0.05) is 20.8 Å². The van der Waals surface area contributed by atoms with Crippen LogP contribution in [0.3, 0.4) is 0 Å². The highest BCUT2D eigenvalue weighted by atomic mass is 16.1. The van der Waals surface area contributed by atoms with Crippen LogP contribution in [0.1, 0.15) is 57.7 Å². The molecule has 0 amide bonds. The van der Waals surface area contributed by atoms with E-state index in [1.807, 2.05) is 13.8 Å². The van der Waals surface area contributed by atoms with Crippen LogP contribution in [0.2, 0.25) is 0 Å². The fourth-order valence-electron chi connectivity index (χ4n) is 1.95. The Labute approximate surface area is 109 Å². The Kier molecular flexibility index (Phi) is 4.32. The molecule has 4 nitrogen and oxygen atoms in total. The van der Waals surface area contributed by atoms with Gasteiger partial charge >= 0.3 is 0 Å². The summed E-state index contributed by atoms with van der Waals surface area (Å²) in [4.78, 5) is 19.1. The smallest absolute Gasteiger partial charge is 0.255 e. The van der Waals surface area contributed by atoms with E-state index in [1.165, 1.54) is 0 Å². The minimum Gasteiger partial charge on any atom is -0.310 e. The fraction of sp³-hybridized carbons (Fsp3) is 0.714. The molecule has 0 spiro atoms. The molecule has 1 rings (SSSR count). The van der Waals surface area contributed by atoms with Gasteiger partial charge in [-0.15, -0.1) is 0 Å². The van der Waals surface area contributed by atoms with Crippen molar-refractivity contribution in [2.75, 3.05) is 0 Å². The fourth-order valence-corrected chi connectivity index (χ4v) is 1.95. The van der Waals surface area contributed by atoms with Crippen LogP contribution in [-0.4, -0.2) is 16.0 Å². The summed E-state index contributed by atoms with van der Waals surface area (Å²) in [6, 6.07) is 0.309. The molecule has 0 bridgehead atoms. The molecule has 0 radical (unpaired) electrons. The summed E-state index contributed by atoms with van der Waals surface area (Å²) in [5.41, 5.74) is 1.66. The lowest BCUT2D eigenvalue weighted by Gasteiger charge is -2.31. The van der Waals surface area contributed by atoms with Gasteiger partial charge in [0.25, 0.3) is 5.56 Å². The third kappa shape index (κ3) is 3.42. The van der Waals surface area contributed by atoms with Crippen LogP contribution in [0, 0.1) is 19.3 Å². The molecule has 1 aromatic heterocycles. The van der Waals surface area contributed by atoms with Gasteiger partial charge in [-0.05, 0) is 33.1 Å². The topological polar surface area (TPSA) is 57.8 Å². The van der Waals surface area contributed by atoms with Crippen LogP contribution in [0.15, 0.2) is 4.79 Å². The third-order valence-electron chi connectivity index (χ3n) is 3.50. The lowest BCUT2D eigenvalue weighted by Crippen LogP contribution is -2.41. The van der Waals surface area contributed by atoms with Crippen molar-refractivity contribution < 1.29 is 0 Å². The molecule has 0 aromatic carbocycles. The number of rotatable bonds is 3. The molecular formula is C14H25N3O. The van der Waals surface area contributed by atoms with E-state index < -0.39 is 0 Å². The monoisotopic (exact) mass is 251 g/mol. The maximum absolute atomic E-state index is 12.0. The quantitative estimate of drug-likeness (QED) is 0.867. The second-order valence-electron chi connectivity index (χ2n) is 6.13. The van der Waals surface area contributed by atoms with Gasteiger partial charge in [0.15, 0.2) is 0 Å². The predicted molar refractivity (Wildman–Crippen MR) is 74.8 cm³/mol. The maximum Gasteiger partial charge on any atom is 0.255 e. The first-order valence-corrected chi connectivity index (χ1v) is 6.46. The molecular weight excluding hydrogens is 226 g/mol. The Morgan fingerprint density at radius 1 is 1.22 bits per heavy atom. The summed E-state index contributed by atoms with van der Waals surface area (Å²) in [6.45, 7) is 14.4. The van der Waals surface area contributed by atoms with Gasteiger partial charge in [0.1, 0.15) is 5.82 Å². The summed E-state index contributed by atoms with van der Waals surface area (Å²) in [6.07, 6.45) is 0. The van der Waals surface area contributed by atoms with E-state index in [2.05, 4.69) is 43.0 Å². The number of nitrogens with one attached hydrogen (secondary N) is 2. The Bertz CT molecular complexity index is 471. The van der Waals surface area contributed by atoms with Gasteiger partial charge in [0, 0.05) is 17.8 Å². The molecule has 0 aliphatic heterocycles. The number of H-pyrrole nitrogens is 1. The second-order valence-corrected chi connectivity index (χ2v) is 6.13. The highest BCUT2D eigenvalue weighted by Gasteiger charge is 2.23. The van der Waals surface area contributed by atoms with Crippen LogP contribution in [0.5, 0.6) is 0 Å². The van der Waals surface area contributed by atoms with Crippen LogP contribution in [-0.2, 0) is 0 Å². The second kappa shape index (κ2) is 5.22. The SMILES string of the molecule is Cc1nc(C)c(C(C)NC(C)C(C)(C)C)c(=O)[nH]1. The molecule has 4 heteroatoms. The molecule has 1 heterocycles. The molecule has 102 valence electrons. The molecule has 18 heavy (non-hydrogen) atoms. The summed E-state index contributed by atoms with van der Waals surface area (Å²) < 4.78 is 0. The van der Waals surface area contributed by atoms with E-state index >= 15 is 0 Å². The Balaban J connectivity index is 2.99. The zero-order valence-corrected chi connectivity index (χ0v) is 12.5. The Morgan fingerprint density at radius 3 is 2.22 bits per heavy atom. The van der Waals surface area contributed by atoms with Crippen molar-refractivity contribution in [1.29, 1.82) is 0 Å². The summed E-state index contributed by atoms with van der Waals surface area (Å²) >= 11 is 0. The molecule has 1 aromatic rings. The van der Waals surface area contributed by atoms with E-state index in [9.17, 15) is 4.79 Å². The van der Waals surface area contributed by atoms with Crippen molar-refractivity contribution >= 4 is 0 Å². The molecule has 0 aliphatic rings. The zero-order valence-electron chi connectivity index (χ0n) is 12.5. The average molecular weight is 251 g/mol. The van der Waals surface area contributed by atoms with Gasteiger partial charge in [0.2, 0.25) is 0 Å². The summed E-state index contributed by atoms with van der Waals surface area (Å²) in [7, 11) is 0. The van der Waals surface area contributed by atoms with Gasteiger partial charge in [-0.3, -0.25) is 4.79 Å². The van der Waals surface area contributed by atoms with Crippen LogP contribution >= 0.6 is 0 Å². The zero-order chi connectivity index (χ0) is 14.1. The van der Waals surface area contributed by atoms with E-state index in [0.717, 1.165) is 11.3 Å². The van der Waals surface area contributed by atoms with Gasteiger partial charge in [-0.25, -0.2) is 4.98 Å². The highest BCUT2D eigenvalue weighted by Crippen LogP contribution is 2.22. The first kappa shape index (κ1) is 14.9. The normalized spacial score (nSPS) is 15.5. The van der Waals surface area contributed by atoms with Crippen LogP contribution in [0.25, 0.3) is 0 Å². The number of aromatic nitrogens is 2. The number of aromatic amines is 1. The van der Waals surface area contributed by atoms with Crippen molar-refractivity contribution in [2.24, 2.45) is 5.41 Å². The van der Waals surface area contributed by atoms with E-state index in [0.29, 0.717) is 11.9 Å². The van der Waals surface area contributed by atoms with Crippen molar-refractivity contribution in [1.82, 2.24) is 15.3 Å². The molecule has 2 N–H and O–H groups in total. The lowest BCUT2D eigenvalue weighted by molar-refractivity contribution is 0.267. The molecule has 0 saturated heterocycles. The minimum absolute atomic E-state index is 0.00363. The number of nitrogens with zero attached hydrogens (tertiary/aromatic N) is 1. The van der Waals surface area contributed by atoms with E-state index in [1.54, 1.807) is 6.92 Å². The maximum atomic E-state index is 12.0. The molecule has 2 unspecified atom stereocenters. The Hall–Kier alpha value is -1.16. The van der Waals surface area contributed by atoms with Gasteiger partial charge in [-0.2, -0.15) is 0 Å². The molecule has 0 saturated carbocycles.